The van der Waals surface area contributed by atoms with Crippen molar-refractivity contribution >= 4 is 54.3 Å². The lowest BCUT2D eigenvalue weighted by molar-refractivity contribution is 0.670. The number of para-hydroxylation sites is 1. The second-order valence-electron chi connectivity index (χ2n) is 13.6. The Kier molecular flexibility index (Phi) is 5.27. The van der Waals surface area contributed by atoms with Gasteiger partial charge in [0.2, 0.25) is 0 Å². The highest BCUT2D eigenvalue weighted by molar-refractivity contribution is 6.24. The standard InChI is InChI=1S/C54H34O/c1-3-15-35(16-4-1)37-29-30-44-50-28-14-27-41(54(50)55-51(44)34-37)38-19-13-20-39(33-38)52-45-23-9-11-25-47(45)53(48-26-12-10-24-46(48)52)49-32-31-40(36-17-5-2-6-18-36)42-21-7-8-22-43(42)49/h1-34H/i1D,2D,3D,4D,5D,6D,15D,16D,17D,18D. The molecule has 256 valence electrons. The van der Waals surface area contributed by atoms with Gasteiger partial charge in [-0.05, 0) is 101 Å². The number of hydrogen-bond acceptors (Lipinski definition) is 1. The number of furan rings is 1. The van der Waals surface area contributed by atoms with E-state index >= 15 is 0 Å². The molecule has 0 unspecified atom stereocenters. The Hall–Kier alpha value is -7.22. The van der Waals surface area contributed by atoms with Gasteiger partial charge >= 0.3 is 0 Å². The fraction of sp³-hybridized carbons (Fsp3) is 0. The van der Waals surface area contributed by atoms with Crippen LogP contribution in [0.4, 0.5) is 0 Å². The first kappa shape index (κ1) is 22.8. The van der Waals surface area contributed by atoms with E-state index in [2.05, 4.69) is 42.5 Å². The molecule has 0 bridgehead atoms. The summed E-state index contributed by atoms with van der Waals surface area (Å²) in [5.74, 6) is 0. The van der Waals surface area contributed by atoms with Crippen molar-refractivity contribution in [2.75, 3.05) is 0 Å². The molecule has 1 aromatic heterocycles. The summed E-state index contributed by atoms with van der Waals surface area (Å²) in [6.45, 7) is 0. The first-order valence-corrected chi connectivity index (χ1v) is 18.1. The normalized spacial score (nSPS) is 14.2. The van der Waals surface area contributed by atoms with E-state index in [1.165, 1.54) is 0 Å². The summed E-state index contributed by atoms with van der Waals surface area (Å²) in [5.41, 5.74) is 8.37. The third-order valence-corrected chi connectivity index (χ3v) is 10.6. The van der Waals surface area contributed by atoms with Crippen molar-refractivity contribution in [2.45, 2.75) is 0 Å². The second-order valence-corrected chi connectivity index (χ2v) is 13.6. The number of hydrogen-bond donors (Lipinski definition) is 0. The Balaban J connectivity index is 1.09. The van der Waals surface area contributed by atoms with E-state index in [1.807, 2.05) is 91.0 Å². The van der Waals surface area contributed by atoms with Crippen molar-refractivity contribution in [3.63, 3.8) is 0 Å². The Labute approximate surface area is 333 Å². The zero-order valence-electron chi connectivity index (χ0n) is 39.3. The van der Waals surface area contributed by atoms with Crippen molar-refractivity contribution in [2.24, 2.45) is 0 Å². The van der Waals surface area contributed by atoms with Crippen molar-refractivity contribution < 1.29 is 18.1 Å². The van der Waals surface area contributed by atoms with Crippen LogP contribution in [-0.2, 0) is 0 Å². The number of rotatable bonds is 5. The fourth-order valence-corrected chi connectivity index (χ4v) is 8.27. The molecule has 0 N–H and O–H groups in total. The van der Waals surface area contributed by atoms with Gasteiger partial charge in [0, 0.05) is 16.3 Å². The highest BCUT2D eigenvalue weighted by Gasteiger charge is 2.20. The van der Waals surface area contributed by atoms with Crippen molar-refractivity contribution in [1.82, 2.24) is 0 Å². The molecule has 0 saturated heterocycles. The molecule has 11 aromatic rings. The molecule has 0 spiro atoms. The number of fused-ring (bicyclic) bond motifs is 6. The van der Waals surface area contributed by atoms with E-state index < -0.39 is 12.1 Å². The van der Waals surface area contributed by atoms with Crippen LogP contribution in [0.2, 0.25) is 0 Å². The lowest BCUT2D eigenvalue weighted by atomic mass is 9.83. The van der Waals surface area contributed by atoms with Crippen LogP contribution in [0.1, 0.15) is 13.7 Å². The third-order valence-electron chi connectivity index (χ3n) is 10.6. The summed E-state index contributed by atoms with van der Waals surface area (Å²) >= 11 is 0. The molecule has 1 heteroatoms. The van der Waals surface area contributed by atoms with Crippen LogP contribution in [0.15, 0.2) is 210 Å². The van der Waals surface area contributed by atoms with Crippen LogP contribution >= 0.6 is 0 Å². The fourth-order valence-electron chi connectivity index (χ4n) is 8.27. The van der Waals surface area contributed by atoms with Crippen LogP contribution in [0.5, 0.6) is 0 Å². The Morgan fingerprint density at radius 2 is 0.855 bits per heavy atom. The molecule has 0 radical (unpaired) electrons. The molecular formula is C54H34O. The van der Waals surface area contributed by atoms with Gasteiger partial charge in [-0.2, -0.15) is 0 Å². The van der Waals surface area contributed by atoms with Crippen molar-refractivity contribution in [1.29, 1.82) is 0 Å². The smallest absolute Gasteiger partial charge is 0.143 e. The van der Waals surface area contributed by atoms with Crippen LogP contribution in [0, 0.1) is 0 Å². The zero-order valence-corrected chi connectivity index (χ0v) is 29.3. The molecular weight excluding hydrogens is 665 g/mol. The molecule has 10 aromatic carbocycles. The quantitative estimate of drug-likeness (QED) is 0.162. The lowest BCUT2D eigenvalue weighted by Gasteiger charge is -2.20. The average molecular weight is 709 g/mol. The zero-order chi connectivity index (χ0) is 45.0. The van der Waals surface area contributed by atoms with E-state index in [9.17, 15) is 0 Å². The molecule has 55 heavy (non-hydrogen) atoms. The Morgan fingerprint density at radius 1 is 0.309 bits per heavy atom. The summed E-state index contributed by atoms with van der Waals surface area (Å²) in [7, 11) is 0. The Morgan fingerprint density at radius 3 is 1.55 bits per heavy atom. The molecule has 0 aliphatic heterocycles. The van der Waals surface area contributed by atoms with Gasteiger partial charge in [-0.25, -0.2) is 0 Å². The van der Waals surface area contributed by atoms with Crippen LogP contribution < -0.4 is 0 Å². The van der Waals surface area contributed by atoms with Gasteiger partial charge in [0.05, 0.1) is 13.7 Å². The van der Waals surface area contributed by atoms with Crippen molar-refractivity contribution in [3.8, 4) is 55.6 Å². The summed E-state index contributed by atoms with van der Waals surface area (Å²) in [6, 6.07) is 44.9. The van der Waals surface area contributed by atoms with Gasteiger partial charge in [0.15, 0.2) is 0 Å². The third kappa shape index (κ3) is 5.09. The minimum absolute atomic E-state index is 0.121. The van der Waals surface area contributed by atoms with E-state index in [0.717, 1.165) is 76.5 Å². The molecule has 1 heterocycles. The maximum absolute atomic E-state index is 8.78. The first-order valence-electron chi connectivity index (χ1n) is 23.1. The molecule has 0 saturated carbocycles. The van der Waals surface area contributed by atoms with Crippen molar-refractivity contribution in [3.05, 3.63) is 206 Å². The van der Waals surface area contributed by atoms with Gasteiger partial charge in [0.25, 0.3) is 0 Å². The monoisotopic (exact) mass is 708 g/mol. The first-order chi connectivity index (χ1) is 31.4. The molecule has 0 fully saturated rings. The van der Waals surface area contributed by atoms with Gasteiger partial charge in [-0.1, -0.05) is 188 Å². The van der Waals surface area contributed by atoms with Gasteiger partial charge in [-0.15, -0.1) is 0 Å². The predicted molar refractivity (Wildman–Crippen MR) is 233 cm³/mol. The average Bonchev–Trinajstić information content (AvgIpc) is 3.71. The van der Waals surface area contributed by atoms with Gasteiger partial charge in [0.1, 0.15) is 11.2 Å². The van der Waals surface area contributed by atoms with E-state index in [0.29, 0.717) is 22.3 Å². The minimum Gasteiger partial charge on any atom is -0.455 e. The van der Waals surface area contributed by atoms with Crippen LogP contribution in [-0.4, -0.2) is 0 Å². The highest BCUT2D eigenvalue weighted by Crippen LogP contribution is 2.47. The van der Waals surface area contributed by atoms with Gasteiger partial charge in [-0.3, -0.25) is 0 Å². The SMILES string of the molecule is [2H]c1c([2H])c([2H])c(-c2ccc3c(c2)oc2c(-c4cccc(-c5c6ccccc6c(-c6ccc(-c7c([2H])c([2H])c([2H])c([2H])c7[2H])c7ccccc67)c6ccccc56)c4)cccc23)c([2H])c1[2H]. The molecule has 0 aliphatic carbocycles. The maximum atomic E-state index is 8.78. The second kappa shape index (κ2) is 12.7. The molecule has 1 nitrogen and oxygen atoms in total. The summed E-state index contributed by atoms with van der Waals surface area (Å²) < 4.78 is 90.7. The maximum Gasteiger partial charge on any atom is 0.143 e. The molecule has 11 rings (SSSR count). The minimum atomic E-state index is -0.436. The van der Waals surface area contributed by atoms with E-state index in [1.54, 1.807) is 12.1 Å². The summed E-state index contributed by atoms with van der Waals surface area (Å²) in [6.07, 6.45) is 0. The van der Waals surface area contributed by atoms with E-state index in [-0.39, 0.29) is 59.5 Å². The largest absolute Gasteiger partial charge is 0.455 e. The predicted octanol–water partition coefficient (Wildman–Crippen LogP) is 15.4. The van der Waals surface area contributed by atoms with E-state index in [4.69, 9.17) is 18.1 Å². The van der Waals surface area contributed by atoms with Crippen LogP contribution in [0.3, 0.4) is 0 Å². The van der Waals surface area contributed by atoms with Crippen LogP contribution in [0.25, 0.3) is 110 Å². The highest BCUT2D eigenvalue weighted by atomic mass is 16.3. The summed E-state index contributed by atoms with van der Waals surface area (Å²) in [4.78, 5) is 0. The van der Waals surface area contributed by atoms with Gasteiger partial charge < -0.3 is 4.42 Å². The molecule has 0 aliphatic rings. The lowest BCUT2D eigenvalue weighted by Crippen LogP contribution is -1.92. The Bertz CT molecular complexity index is 3740. The molecule has 0 amide bonds. The summed E-state index contributed by atoms with van der Waals surface area (Å²) in [5, 5.41) is 7.54. The number of benzene rings is 10. The topological polar surface area (TPSA) is 13.1 Å². The molecule has 0 atom stereocenters.